The number of nitrogen functional groups attached to an aromatic ring is 1. The summed E-state index contributed by atoms with van der Waals surface area (Å²) < 4.78 is 5.35. The van der Waals surface area contributed by atoms with Crippen LogP contribution in [0.1, 0.15) is 39.3 Å². The molecule has 1 aromatic heterocycles. The van der Waals surface area contributed by atoms with Gasteiger partial charge in [-0.05, 0) is 27.7 Å². The zero-order valence-corrected chi connectivity index (χ0v) is 13.6. The lowest BCUT2D eigenvalue weighted by molar-refractivity contribution is -0.160. The SMILES string of the molecule is CC(O/N=C\C(=O)O)C(C(=O)OC(C)(C)C)c1csc(N)n1. The number of anilines is 1. The zero-order chi connectivity index (χ0) is 16.9. The van der Waals surface area contributed by atoms with Crippen LogP contribution in [0.15, 0.2) is 10.5 Å². The normalized spacial score (nSPS) is 14.5. The Morgan fingerprint density at radius 2 is 2.14 bits per heavy atom. The number of aromatic nitrogens is 1. The summed E-state index contributed by atoms with van der Waals surface area (Å²) in [6.07, 6.45) is -0.176. The lowest BCUT2D eigenvalue weighted by atomic mass is 10.0. The van der Waals surface area contributed by atoms with E-state index in [4.69, 9.17) is 20.4 Å². The molecule has 0 aliphatic rings. The highest BCUT2D eigenvalue weighted by Crippen LogP contribution is 2.28. The third-order valence-electron chi connectivity index (χ3n) is 2.38. The molecule has 22 heavy (non-hydrogen) atoms. The monoisotopic (exact) mass is 329 g/mol. The van der Waals surface area contributed by atoms with Crippen molar-refractivity contribution in [1.82, 2.24) is 4.98 Å². The number of nitrogens with zero attached hydrogens (tertiary/aromatic N) is 2. The number of carbonyl (C=O) groups excluding carboxylic acids is 1. The van der Waals surface area contributed by atoms with Gasteiger partial charge in [-0.15, -0.1) is 11.3 Å². The first-order valence-electron chi connectivity index (χ1n) is 6.46. The van der Waals surface area contributed by atoms with Crippen molar-refractivity contribution in [3.05, 3.63) is 11.1 Å². The summed E-state index contributed by atoms with van der Waals surface area (Å²) in [7, 11) is 0. The Bertz CT molecular complexity index is 564. The van der Waals surface area contributed by atoms with E-state index in [1.165, 1.54) is 11.3 Å². The minimum Gasteiger partial charge on any atom is -0.477 e. The van der Waals surface area contributed by atoms with Gasteiger partial charge in [-0.3, -0.25) is 4.79 Å². The van der Waals surface area contributed by atoms with Gasteiger partial charge in [-0.2, -0.15) is 0 Å². The van der Waals surface area contributed by atoms with Gasteiger partial charge in [0.2, 0.25) is 0 Å². The van der Waals surface area contributed by atoms with Crippen molar-refractivity contribution in [2.24, 2.45) is 5.16 Å². The molecule has 0 aliphatic heterocycles. The van der Waals surface area contributed by atoms with Crippen molar-refractivity contribution in [2.75, 3.05) is 5.73 Å². The minimum absolute atomic E-state index is 0.310. The molecule has 3 N–H and O–H groups in total. The quantitative estimate of drug-likeness (QED) is 0.461. The molecule has 0 spiro atoms. The van der Waals surface area contributed by atoms with Crippen LogP contribution in [-0.2, 0) is 19.2 Å². The first-order valence-corrected chi connectivity index (χ1v) is 7.34. The summed E-state index contributed by atoms with van der Waals surface area (Å²) in [6, 6.07) is 0. The molecule has 0 aliphatic carbocycles. The standard InChI is InChI=1S/C13H19N3O5S/c1-7(21-15-5-9(17)18)10(8-6-22-12(14)16-8)11(19)20-13(2,3)4/h5-7,10H,1-4H3,(H2,14,16)(H,17,18)/b15-5-. The Balaban J connectivity index is 2.96. The molecule has 0 fully saturated rings. The van der Waals surface area contributed by atoms with Crippen LogP contribution in [0, 0.1) is 0 Å². The predicted octanol–water partition coefficient (Wildman–Crippen LogP) is 1.63. The van der Waals surface area contributed by atoms with Crippen molar-refractivity contribution in [3.63, 3.8) is 0 Å². The topological polar surface area (TPSA) is 124 Å². The smallest absolute Gasteiger partial charge is 0.350 e. The molecular formula is C13H19N3O5S. The number of carbonyl (C=O) groups is 2. The maximum atomic E-state index is 12.4. The largest absolute Gasteiger partial charge is 0.477 e. The molecular weight excluding hydrogens is 310 g/mol. The van der Waals surface area contributed by atoms with Gasteiger partial charge in [0.15, 0.2) is 11.3 Å². The van der Waals surface area contributed by atoms with Crippen molar-refractivity contribution in [3.8, 4) is 0 Å². The number of rotatable bonds is 6. The molecule has 0 saturated heterocycles. The number of aliphatic carboxylic acids is 1. The zero-order valence-electron chi connectivity index (χ0n) is 12.8. The summed E-state index contributed by atoms with van der Waals surface area (Å²) in [6.45, 7) is 6.80. The summed E-state index contributed by atoms with van der Waals surface area (Å²) in [4.78, 5) is 31.9. The van der Waals surface area contributed by atoms with Gasteiger partial charge in [-0.1, -0.05) is 5.16 Å². The molecule has 122 valence electrons. The second-order valence-corrected chi connectivity index (χ2v) is 6.39. The van der Waals surface area contributed by atoms with Gasteiger partial charge in [-0.25, -0.2) is 9.78 Å². The van der Waals surface area contributed by atoms with Crippen molar-refractivity contribution < 1.29 is 24.3 Å². The van der Waals surface area contributed by atoms with E-state index >= 15 is 0 Å². The number of carboxylic acids is 1. The third kappa shape index (κ3) is 5.68. The summed E-state index contributed by atoms with van der Waals surface area (Å²) in [5.74, 6) is -2.66. The Morgan fingerprint density at radius 1 is 1.50 bits per heavy atom. The van der Waals surface area contributed by atoms with Crippen LogP contribution in [0.4, 0.5) is 5.13 Å². The Hall–Kier alpha value is -2.16. The van der Waals surface area contributed by atoms with Gasteiger partial charge >= 0.3 is 11.9 Å². The molecule has 0 amide bonds. The Kier molecular flexibility index (Phi) is 5.86. The van der Waals surface area contributed by atoms with Crippen LogP contribution in [0.2, 0.25) is 0 Å². The van der Waals surface area contributed by atoms with E-state index in [0.29, 0.717) is 17.0 Å². The molecule has 1 aromatic rings. The minimum atomic E-state index is -1.25. The highest BCUT2D eigenvalue weighted by atomic mass is 32.1. The molecule has 0 saturated carbocycles. The van der Waals surface area contributed by atoms with Crippen LogP contribution in [0.3, 0.4) is 0 Å². The molecule has 8 nitrogen and oxygen atoms in total. The fourth-order valence-electron chi connectivity index (χ4n) is 1.59. The van der Waals surface area contributed by atoms with Crippen molar-refractivity contribution in [1.29, 1.82) is 0 Å². The highest BCUT2D eigenvalue weighted by Gasteiger charge is 2.34. The van der Waals surface area contributed by atoms with Crippen LogP contribution < -0.4 is 5.73 Å². The molecule has 2 unspecified atom stereocenters. The van der Waals surface area contributed by atoms with Gasteiger partial charge in [0, 0.05) is 5.38 Å². The van der Waals surface area contributed by atoms with Gasteiger partial charge in [0.05, 0.1) is 5.69 Å². The first-order chi connectivity index (χ1) is 10.1. The van der Waals surface area contributed by atoms with E-state index in [1.54, 1.807) is 33.1 Å². The predicted molar refractivity (Wildman–Crippen MR) is 81.8 cm³/mol. The average Bonchev–Trinajstić information content (AvgIpc) is 2.72. The summed E-state index contributed by atoms with van der Waals surface area (Å²) >= 11 is 1.19. The van der Waals surface area contributed by atoms with E-state index in [0.717, 1.165) is 0 Å². The van der Waals surface area contributed by atoms with E-state index in [1.807, 2.05) is 0 Å². The Labute approximate surface area is 131 Å². The summed E-state index contributed by atoms with van der Waals surface area (Å²) in [5, 5.41) is 13.8. The Morgan fingerprint density at radius 3 is 2.59 bits per heavy atom. The number of hydrogen-bond acceptors (Lipinski definition) is 8. The second kappa shape index (κ2) is 7.21. The third-order valence-corrected chi connectivity index (χ3v) is 3.07. The van der Waals surface area contributed by atoms with Crippen LogP contribution in [-0.4, -0.2) is 39.9 Å². The van der Waals surface area contributed by atoms with Gasteiger partial charge in [0.1, 0.15) is 17.6 Å². The second-order valence-electron chi connectivity index (χ2n) is 5.51. The van der Waals surface area contributed by atoms with E-state index in [2.05, 4.69) is 10.1 Å². The molecule has 0 radical (unpaired) electrons. The van der Waals surface area contributed by atoms with E-state index < -0.39 is 29.6 Å². The molecule has 2 atom stereocenters. The maximum Gasteiger partial charge on any atom is 0.350 e. The van der Waals surface area contributed by atoms with Gasteiger partial charge in [0.25, 0.3) is 0 Å². The number of hydrogen-bond donors (Lipinski definition) is 2. The molecule has 0 bridgehead atoms. The molecule has 0 aromatic carbocycles. The van der Waals surface area contributed by atoms with Gasteiger partial charge < -0.3 is 20.4 Å². The number of oxime groups is 1. The maximum absolute atomic E-state index is 12.4. The molecule has 1 rings (SSSR count). The van der Waals surface area contributed by atoms with E-state index in [-0.39, 0.29) is 0 Å². The average molecular weight is 329 g/mol. The van der Waals surface area contributed by atoms with Crippen LogP contribution in [0.5, 0.6) is 0 Å². The first kappa shape index (κ1) is 17.9. The number of esters is 1. The molecule has 1 heterocycles. The molecule has 9 heteroatoms. The summed E-state index contributed by atoms with van der Waals surface area (Å²) in [5.41, 5.74) is 5.31. The van der Waals surface area contributed by atoms with Crippen LogP contribution >= 0.6 is 11.3 Å². The lowest BCUT2D eigenvalue weighted by Crippen LogP contribution is -2.33. The van der Waals surface area contributed by atoms with Crippen molar-refractivity contribution in [2.45, 2.75) is 45.3 Å². The van der Waals surface area contributed by atoms with Crippen molar-refractivity contribution >= 4 is 34.6 Å². The fraction of sp³-hybridized carbons (Fsp3) is 0.538. The number of carboxylic acid groups (broad SMARTS) is 1. The number of thiazole rings is 1. The highest BCUT2D eigenvalue weighted by molar-refractivity contribution is 7.13. The van der Waals surface area contributed by atoms with Crippen LogP contribution in [0.25, 0.3) is 0 Å². The fourth-order valence-corrected chi connectivity index (χ4v) is 2.19. The van der Waals surface area contributed by atoms with E-state index in [9.17, 15) is 9.59 Å². The number of ether oxygens (including phenoxy) is 1. The number of nitrogens with two attached hydrogens (primary N) is 1. The lowest BCUT2D eigenvalue weighted by Gasteiger charge is -2.25.